The molecule has 1 fully saturated rings. The van der Waals surface area contributed by atoms with Crippen LogP contribution < -0.4 is 14.4 Å². The Labute approximate surface area is 169 Å². The number of nitrogens with one attached hydrogen (secondary N) is 1. The first kappa shape index (κ1) is 20.3. The second kappa shape index (κ2) is 8.28. The standard InChI is InChI=1S/C19H22ClN3O4S/c1-27-18-6-4-3-5-17(18)22-9-11-23(12-10-22)19(24)15-8-7-14(13-16(15)20)21-28(2,25)26/h3-8,13,21H,9-12H2,1-2H3. The Bertz CT molecular complexity index is 973. The number of amides is 1. The molecule has 2 aromatic carbocycles. The lowest BCUT2D eigenvalue weighted by atomic mass is 10.1. The van der Waals surface area contributed by atoms with E-state index in [1.807, 2.05) is 24.3 Å². The minimum Gasteiger partial charge on any atom is -0.495 e. The van der Waals surface area contributed by atoms with Crippen molar-refractivity contribution in [2.75, 3.05) is 49.2 Å². The number of rotatable bonds is 5. The zero-order chi connectivity index (χ0) is 20.3. The molecule has 1 N–H and O–H groups in total. The van der Waals surface area contributed by atoms with Gasteiger partial charge in [0.05, 0.1) is 29.6 Å². The summed E-state index contributed by atoms with van der Waals surface area (Å²) in [5.74, 6) is 0.634. The maximum Gasteiger partial charge on any atom is 0.255 e. The Morgan fingerprint density at radius 1 is 1.11 bits per heavy atom. The van der Waals surface area contributed by atoms with Crippen molar-refractivity contribution < 1.29 is 17.9 Å². The molecule has 0 aliphatic carbocycles. The minimum absolute atomic E-state index is 0.171. The number of methoxy groups -OCH3 is 1. The summed E-state index contributed by atoms with van der Waals surface area (Å²) in [6.07, 6.45) is 1.06. The Morgan fingerprint density at radius 3 is 2.39 bits per heavy atom. The second-order valence-electron chi connectivity index (χ2n) is 6.52. The number of sulfonamides is 1. The van der Waals surface area contributed by atoms with Crippen molar-refractivity contribution in [3.05, 3.63) is 53.1 Å². The normalized spacial score (nSPS) is 14.7. The Balaban J connectivity index is 1.68. The summed E-state index contributed by atoms with van der Waals surface area (Å²) < 4.78 is 30.4. The molecule has 0 unspecified atom stereocenters. The molecule has 1 aliphatic rings. The molecule has 1 heterocycles. The lowest BCUT2D eigenvalue weighted by Crippen LogP contribution is -2.49. The molecule has 3 rings (SSSR count). The third-order valence-electron chi connectivity index (χ3n) is 4.50. The molecule has 2 aromatic rings. The van der Waals surface area contributed by atoms with Crippen LogP contribution in [0.25, 0.3) is 0 Å². The molecule has 28 heavy (non-hydrogen) atoms. The van der Waals surface area contributed by atoms with Gasteiger partial charge in [-0.3, -0.25) is 9.52 Å². The third-order valence-corrected chi connectivity index (χ3v) is 5.41. The number of para-hydroxylation sites is 2. The van der Waals surface area contributed by atoms with Crippen LogP contribution in [-0.4, -0.2) is 58.8 Å². The van der Waals surface area contributed by atoms with E-state index in [0.29, 0.717) is 37.4 Å². The predicted octanol–water partition coefficient (Wildman–Crippen LogP) is 2.68. The molecule has 0 bridgehead atoms. The quantitative estimate of drug-likeness (QED) is 0.799. The van der Waals surface area contributed by atoms with Crippen LogP contribution in [0.15, 0.2) is 42.5 Å². The van der Waals surface area contributed by atoms with E-state index < -0.39 is 10.0 Å². The van der Waals surface area contributed by atoms with Crippen LogP contribution >= 0.6 is 11.6 Å². The number of ether oxygens (including phenoxy) is 1. The van der Waals surface area contributed by atoms with Crippen LogP contribution in [0, 0.1) is 0 Å². The van der Waals surface area contributed by atoms with E-state index in [2.05, 4.69) is 9.62 Å². The summed E-state index contributed by atoms with van der Waals surface area (Å²) in [4.78, 5) is 16.8. The maximum atomic E-state index is 12.8. The van der Waals surface area contributed by atoms with Crippen LogP contribution in [0.1, 0.15) is 10.4 Å². The second-order valence-corrected chi connectivity index (χ2v) is 8.68. The lowest BCUT2D eigenvalue weighted by molar-refractivity contribution is 0.0747. The molecule has 7 nitrogen and oxygen atoms in total. The van der Waals surface area contributed by atoms with Gasteiger partial charge in [0.25, 0.3) is 5.91 Å². The van der Waals surface area contributed by atoms with E-state index in [1.54, 1.807) is 18.1 Å². The fourth-order valence-electron chi connectivity index (χ4n) is 3.18. The number of hydrogen-bond acceptors (Lipinski definition) is 5. The van der Waals surface area contributed by atoms with Gasteiger partial charge in [0.2, 0.25) is 10.0 Å². The average Bonchev–Trinajstić information content (AvgIpc) is 2.66. The van der Waals surface area contributed by atoms with Crippen molar-refractivity contribution in [3.8, 4) is 5.75 Å². The highest BCUT2D eigenvalue weighted by Gasteiger charge is 2.25. The smallest absolute Gasteiger partial charge is 0.255 e. The molecule has 9 heteroatoms. The number of hydrogen-bond donors (Lipinski definition) is 1. The molecule has 150 valence electrons. The molecule has 0 radical (unpaired) electrons. The number of benzene rings is 2. The SMILES string of the molecule is COc1ccccc1N1CCN(C(=O)c2ccc(NS(C)(=O)=O)cc2Cl)CC1. The number of carbonyl (C=O) groups is 1. The summed E-state index contributed by atoms with van der Waals surface area (Å²) in [6, 6.07) is 12.3. The molecular weight excluding hydrogens is 402 g/mol. The van der Waals surface area contributed by atoms with Crippen LogP contribution in [0.3, 0.4) is 0 Å². The van der Waals surface area contributed by atoms with E-state index >= 15 is 0 Å². The summed E-state index contributed by atoms with van der Waals surface area (Å²) in [5, 5.41) is 0.214. The van der Waals surface area contributed by atoms with Crippen LogP contribution in [0.5, 0.6) is 5.75 Å². The van der Waals surface area contributed by atoms with Gasteiger partial charge in [-0.15, -0.1) is 0 Å². The van der Waals surface area contributed by atoms with E-state index in [4.69, 9.17) is 16.3 Å². The number of carbonyl (C=O) groups excluding carboxylic acids is 1. The van der Waals surface area contributed by atoms with Gasteiger partial charge in [0.15, 0.2) is 0 Å². The van der Waals surface area contributed by atoms with E-state index in [9.17, 15) is 13.2 Å². The maximum absolute atomic E-state index is 12.8. The first-order valence-corrected chi connectivity index (χ1v) is 11.0. The molecule has 1 amide bonds. The first-order valence-electron chi connectivity index (χ1n) is 8.73. The molecule has 0 atom stereocenters. The van der Waals surface area contributed by atoms with Crippen molar-refractivity contribution in [1.29, 1.82) is 0 Å². The van der Waals surface area contributed by atoms with Crippen LogP contribution in [0.4, 0.5) is 11.4 Å². The molecular formula is C19H22ClN3O4S. The average molecular weight is 424 g/mol. The van der Waals surface area contributed by atoms with Crippen LogP contribution in [-0.2, 0) is 10.0 Å². The van der Waals surface area contributed by atoms with Gasteiger partial charge in [0.1, 0.15) is 5.75 Å². The van der Waals surface area contributed by atoms with Gasteiger partial charge in [-0.25, -0.2) is 8.42 Å². The third kappa shape index (κ3) is 4.69. The van der Waals surface area contributed by atoms with Crippen molar-refractivity contribution >= 4 is 38.9 Å². The van der Waals surface area contributed by atoms with Crippen molar-refractivity contribution in [3.63, 3.8) is 0 Å². The van der Waals surface area contributed by atoms with Gasteiger partial charge in [-0.05, 0) is 30.3 Å². The molecule has 0 saturated carbocycles. The summed E-state index contributed by atoms with van der Waals surface area (Å²) in [6.45, 7) is 2.46. The molecule has 0 spiro atoms. The van der Waals surface area contributed by atoms with Crippen molar-refractivity contribution in [2.24, 2.45) is 0 Å². The highest BCUT2D eigenvalue weighted by molar-refractivity contribution is 7.92. The highest BCUT2D eigenvalue weighted by atomic mass is 35.5. The monoisotopic (exact) mass is 423 g/mol. The van der Waals surface area contributed by atoms with E-state index in [-0.39, 0.29) is 10.9 Å². The van der Waals surface area contributed by atoms with Crippen molar-refractivity contribution in [2.45, 2.75) is 0 Å². The van der Waals surface area contributed by atoms with Gasteiger partial charge >= 0.3 is 0 Å². The summed E-state index contributed by atoms with van der Waals surface area (Å²) in [7, 11) is -1.76. The summed E-state index contributed by atoms with van der Waals surface area (Å²) in [5.41, 5.74) is 1.68. The fourth-order valence-corrected chi connectivity index (χ4v) is 3.99. The van der Waals surface area contributed by atoms with Crippen molar-refractivity contribution in [1.82, 2.24) is 4.90 Å². The highest BCUT2D eigenvalue weighted by Crippen LogP contribution is 2.29. The zero-order valence-electron chi connectivity index (χ0n) is 15.7. The van der Waals surface area contributed by atoms with Crippen LogP contribution in [0.2, 0.25) is 5.02 Å². The zero-order valence-corrected chi connectivity index (χ0v) is 17.3. The van der Waals surface area contributed by atoms with Gasteiger partial charge in [-0.1, -0.05) is 23.7 Å². The van der Waals surface area contributed by atoms with Gasteiger partial charge < -0.3 is 14.5 Å². The fraction of sp³-hybridized carbons (Fsp3) is 0.316. The Morgan fingerprint density at radius 2 is 1.79 bits per heavy atom. The van der Waals surface area contributed by atoms with Gasteiger partial charge in [-0.2, -0.15) is 0 Å². The first-order chi connectivity index (χ1) is 13.3. The lowest BCUT2D eigenvalue weighted by Gasteiger charge is -2.36. The molecule has 1 aliphatic heterocycles. The minimum atomic E-state index is -3.41. The molecule has 0 aromatic heterocycles. The van der Waals surface area contributed by atoms with Gasteiger partial charge in [0, 0.05) is 31.9 Å². The summed E-state index contributed by atoms with van der Waals surface area (Å²) >= 11 is 6.23. The number of piperazine rings is 1. The predicted molar refractivity (Wildman–Crippen MR) is 111 cm³/mol. The largest absolute Gasteiger partial charge is 0.495 e. The number of halogens is 1. The molecule has 1 saturated heterocycles. The van der Waals surface area contributed by atoms with E-state index in [1.165, 1.54) is 12.1 Å². The Kier molecular flexibility index (Phi) is 6.00. The topological polar surface area (TPSA) is 79.0 Å². The Hall–Kier alpha value is -2.45. The van der Waals surface area contributed by atoms with E-state index in [0.717, 1.165) is 17.7 Å². The number of nitrogens with zero attached hydrogens (tertiary/aromatic N) is 2. The number of anilines is 2.